The van der Waals surface area contributed by atoms with Crippen LogP contribution in [0.1, 0.15) is 60.4 Å². The number of hydrogen-bond acceptors (Lipinski definition) is 6. The zero-order chi connectivity index (χ0) is 26.2. The number of nitrogens with two attached hydrogens (primary N) is 1. The summed E-state index contributed by atoms with van der Waals surface area (Å²) in [6.45, 7) is 5.30. The first-order valence-corrected chi connectivity index (χ1v) is 11.7. The van der Waals surface area contributed by atoms with E-state index >= 15 is 0 Å². The van der Waals surface area contributed by atoms with Gasteiger partial charge in [-0.25, -0.2) is 4.98 Å². The number of benzene rings is 1. The standard InChI is InChI=1S/C25H24ClF3N4O3/c1-11-6-14(13(3)31-16-4-5-17(26)32-18(16)22(30)33-35)20-15(7-11)19(34)12(2)21(36-20)23-8-24(9-23,10-23)25(27,28)29/h4-7,13,31,35H,8-10H2,1-3H3,(H2,30,33)/t13-,23?,24?/m1/s1. The molecule has 0 spiro atoms. The molecule has 3 aliphatic rings. The molecule has 2 bridgehead atoms. The van der Waals surface area contributed by atoms with Crippen LogP contribution in [0.3, 0.4) is 0 Å². The molecule has 11 heteroatoms. The summed E-state index contributed by atoms with van der Waals surface area (Å²) in [6, 6.07) is 6.29. The minimum absolute atomic E-state index is 0.0621. The molecule has 3 saturated carbocycles. The van der Waals surface area contributed by atoms with Gasteiger partial charge in [-0.15, -0.1) is 0 Å². The van der Waals surface area contributed by atoms with Crippen LogP contribution >= 0.6 is 11.6 Å². The van der Waals surface area contributed by atoms with Crippen molar-refractivity contribution in [3.63, 3.8) is 0 Å². The molecule has 2 heterocycles. The number of aryl methyl sites for hydroxylation is 1. The van der Waals surface area contributed by atoms with Gasteiger partial charge in [-0.2, -0.15) is 13.2 Å². The number of halogens is 4. The highest BCUT2D eigenvalue weighted by molar-refractivity contribution is 6.29. The SMILES string of the molecule is Cc1cc([C@@H](C)Nc2ccc(Cl)nc2/C(N)=N/O)c2oc(C34CC(C(F)(F)F)(C3)C4)c(C)c(=O)c2c1. The largest absolute Gasteiger partial charge is 0.460 e. The van der Waals surface area contributed by atoms with E-state index in [2.05, 4.69) is 15.5 Å². The smallest absolute Gasteiger partial charge is 0.394 e. The highest BCUT2D eigenvalue weighted by Gasteiger charge is 2.80. The van der Waals surface area contributed by atoms with Crippen LogP contribution in [0.25, 0.3) is 11.0 Å². The first-order chi connectivity index (χ1) is 16.8. The Bertz CT molecular complexity index is 1480. The third kappa shape index (κ3) is 3.45. The van der Waals surface area contributed by atoms with E-state index in [1.165, 1.54) is 0 Å². The second kappa shape index (κ2) is 7.86. The normalized spacial score (nSPS) is 24.2. The maximum atomic E-state index is 13.5. The van der Waals surface area contributed by atoms with Gasteiger partial charge in [0, 0.05) is 16.5 Å². The molecular formula is C25H24ClF3N4O3. The lowest BCUT2D eigenvalue weighted by molar-refractivity contribution is -0.340. The molecule has 1 aromatic carbocycles. The summed E-state index contributed by atoms with van der Waals surface area (Å²) in [5, 5.41) is 15.9. The number of anilines is 1. The lowest BCUT2D eigenvalue weighted by Gasteiger charge is -2.69. The van der Waals surface area contributed by atoms with Crippen molar-refractivity contribution in [2.75, 3.05) is 5.32 Å². The third-order valence-corrected chi connectivity index (χ3v) is 7.77. The van der Waals surface area contributed by atoms with Gasteiger partial charge in [0.2, 0.25) is 0 Å². The molecule has 36 heavy (non-hydrogen) atoms. The van der Waals surface area contributed by atoms with Crippen molar-refractivity contribution in [2.24, 2.45) is 16.3 Å². The molecule has 0 unspecified atom stereocenters. The number of nitrogens with zero attached hydrogens (tertiary/aromatic N) is 2. The van der Waals surface area contributed by atoms with Gasteiger partial charge >= 0.3 is 6.18 Å². The number of alkyl halides is 3. The van der Waals surface area contributed by atoms with Gasteiger partial charge in [0.15, 0.2) is 11.3 Å². The number of amidine groups is 1. The van der Waals surface area contributed by atoms with Gasteiger partial charge < -0.3 is 20.7 Å². The molecule has 3 fully saturated rings. The van der Waals surface area contributed by atoms with Crippen LogP contribution in [0.2, 0.25) is 5.15 Å². The molecule has 6 rings (SSSR count). The first kappa shape index (κ1) is 24.4. The number of rotatable bonds is 5. The van der Waals surface area contributed by atoms with Gasteiger partial charge in [-0.1, -0.05) is 22.8 Å². The number of fused-ring (bicyclic) bond motifs is 1. The van der Waals surface area contributed by atoms with Crippen molar-refractivity contribution in [1.82, 2.24) is 4.98 Å². The molecule has 0 aliphatic heterocycles. The summed E-state index contributed by atoms with van der Waals surface area (Å²) in [7, 11) is 0. The number of aromatic nitrogens is 1. The summed E-state index contributed by atoms with van der Waals surface area (Å²) in [5.41, 5.74) is 5.79. The Morgan fingerprint density at radius 2 is 1.94 bits per heavy atom. The monoisotopic (exact) mass is 520 g/mol. The third-order valence-electron chi connectivity index (χ3n) is 7.56. The highest BCUT2D eigenvalue weighted by Crippen LogP contribution is 2.78. The Balaban J connectivity index is 1.59. The number of hydrogen-bond donors (Lipinski definition) is 3. The predicted octanol–water partition coefficient (Wildman–Crippen LogP) is 5.71. The van der Waals surface area contributed by atoms with E-state index in [9.17, 15) is 18.0 Å². The van der Waals surface area contributed by atoms with Crippen molar-refractivity contribution >= 4 is 34.1 Å². The predicted molar refractivity (Wildman–Crippen MR) is 130 cm³/mol. The summed E-state index contributed by atoms with van der Waals surface area (Å²) >= 11 is 5.97. The second-order valence-electron chi connectivity index (χ2n) is 10.1. The summed E-state index contributed by atoms with van der Waals surface area (Å²) < 4.78 is 46.7. The fraction of sp³-hybridized carbons (Fsp3) is 0.400. The van der Waals surface area contributed by atoms with Crippen molar-refractivity contribution in [1.29, 1.82) is 0 Å². The fourth-order valence-corrected chi connectivity index (χ4v) is 5.98. The molecule has 0 amide bonds. The Kier molecular flexibility index (Phi) is 5.34. The van der Waals surface area contributed by atoms with Crippen LogP contribution in [-0.4, -0.2) is 22.2 Å². The van der Waals surface area contributed by atoms with E-state index in [4.69, 9.17) is 27.0 Å². The van der Waals surface area contributed by atoms with E-state index in [0.29, 0.717) is 33.5 Å². The Morgan fingerprint density at radius 3 is 2.56 bits per heavy atom. The zero-order valence-electron chi connectivity index (χ0n) is 19.8. The quantitative estimate of drug-likeness (QED) is 0.130. The average molecular weight is 521 g/mol. The number of nitrogens with one attached hydrogen (secondary N) is 1. The molecule has 3 aromatic rings. The van der Waals surface area contributed by atoms with Gasteiger partial charge in [0.25, 0.3) is 0 Å². The van der Waals surface area contributed by atoms with E-state index < -0.39 is 23.0 Å². The minimum atomic E-state index is -4.26. The van der Waals surface area contributed by atoms with E-state index in [1.54, 1.807) is 25.1 Å². The zero-order valence-corrected chi connectivity index (χ0v) is 20.5. The highest BCUT2D eigenvalue weighted by atomic mass is 35.5. The van der Waals surface area contributed by atoms with Crippen LogP contribution in [0.4, 0.5) is 18.9 Å². The van der Waals surface area contributed by atoms with Crippen molar-refractivity contribution in [3.05, 3.63) is 67.8 Å². The second-order valence-corrected chi connectivity index (χ2v) is 10.5. The van der Waals surface area contributed by atoms with Gasteiger partial charge in [0.1, 0.15) is 22.2 Å². The lowest BCUT2D eigenvalue weighted by Crippen LogP contribution is -2.70. The topological polar surface area (TPSA) is 114 Å². The van der Waals surface area contributed by atoms with Crippen LogP contribution in [0, 0.1) is 19.3 Å². The Hall–Kier alpha value is -3.27. The fourth-order valence-electron chi connectivity index (χ4n) is 5.83. The molecule has 2 aromatic heterocycles. The van der Waals surface area contributed by atoms with Crippen molar-refractivity contribution in [2.45, 2.75) is 57.7 Å². The van der Waals surface area contributed by atoms with Crippen LogP contribution in [0.15, 0.2) is 38.6 Å². The van der Waals surface area contributed by atoms with Crippen LogP contribution in [-0.2, 0) is 5.41 Å². The minimum Gasteiger partial charge on any atom is -0.460 e. The van der Waals surface area contributed by atoms with Crippen LogP contribution < -0.4 is 16.5 Å². The lowest BCUT2D eigenvalue weighted by atomic mass is 9.34. The summed E-state index contributed by atoms with van der Waals surface area (Å²) in [6.07, 6.45) is -4.45. The molecule has 1 atom stereocenters. The van der Waals surface area contributed by atoms with Crippen LogP contribution in [0.5, 0.6) is 0 Å². The van der Waals surface area contributed by atoms with Gasteiger partial charge in [-0.05, 0) is 63.8 Å². The van der Waals surface area contributed by atoms with Gasteiger partial charge in [-0.3, -0.25) is 4.79 Å². The van der Waals surface area contributed by atoms with E-state index in [0.717, 1.165) is 5.56 Å². The Morgan fingerprint density at radius 1 is 1.28 bits per heavy atom. The molecule has 0 radical (unpaired) electrons. The van der Waals surface area contributed by atoms with E-state index in [-0.39, 0.29) is 41.4 Å². The molecular weight excluding hydrogens is 497 g/mol. The van der Waals surface area contributed by atoms with Gasteiger partial charge in [0.05, 0.1) is 22.5 Å². The molecule has 190 valence electrons. The summed E-state index contributed by atoms with van der Waals surface area (Å²) in [4.78, 5) is 17.5. The molecule has 3 aliphatic carbocycles. The maximum Gasteiger partial charge on any atom is 0.394 e. The van der Waals surface area contributed by atoms with E-state index in [1.807, 2.05) is 19.9 Å². The number of pyridine rings is 1. The van der Waals surface area contributed by atoms with Crippen molar-refractivity contribution < 1.29 is 22.8 Å². The average Bonchev–Trinajstić information content (AvgIpc) is 2.74. The molecule has 0 saturated heterocycles. The van der Waals surface area contributed by atoms with Crippen molar-refractivity contribution in [3.8, 4) is 0 Å². The molecule has 7 nitrogen and oxygen atoms in total. The first-order valence-electron chi connectivity index (χ1n) is 11.4. The number of oxime groups is 1. The molecule has 4 N–H and O–H groups in total. The summed E-state index contributed by atoms with van der Waals surface area (Å²) in [5.74, 6) is 0.0990. The Labute approximate surface area is 209 Å². The maximum absolute atomic E-state index is 13.5.